The lowest BCUT2D eigenvalue weighted by atomic mass is 9.91. The lowest BCUT2D eigenvalue weighted by molar-refractivity contribution is 0.171. The number of hydrogen-bond donors (Lipinski definition) is 1. The van der Waals surface area contributed by atoms with Crippen molar-refractivity contribution >= 4 is 6.08 Å². The van der Waals surface area contributed by atoms with Crippen molar-refractivity contribution in [3.05, 3.63) is 47.0 Å². The van der Waals surface area contributed by atoms with Crippen molar-refractivity contribution in [3.63, 3.8) is 0 Å². The highest BCUT2D eigenvalue weighted by Crippen LogP contribution is 2.53. The largest absolute Gasteiger partial charge is 0.493 e. The van der Waals surface area contributed by atoms with Gasteiger partial charge in [0.25, 0.3) is 0 Å². The maximum Gasteiger partial charge on any atom is 0.231 e. The monoisotopic (exact) mass is 370 g/mol. The Bertz CT molecular complexity index is 889. The predicted octanol–water partition coefficient (Wildman–Crippen LogP) is 3.68. The molecule has 0 aliphatic carbocycles. The van der Waals surface area contributed by atoms with E-state index in [0.717, 1.165) is 22.4 Å². The standard InChI is InChI=1S/C21H22O6/c1-12-15-7-13(5-4-6-22)8-16(23-2)20(15)27-19(12)14-9-17(24-3)21-18(10-14)25-11-26-21/h4-5,7-10,12,19,22H,6,11H2,1-3H3/b5-4+/t12-,19-/m1/s1. The molecular weight excluding hydrogens is 348 g/mol. The van der Waals surface area contributed by atoms with Crippen LogP contribution in [-0.4, -0.2) is 32.7 Å². The van der Waals surface area contributed by atoms with E-state index in [0.29, 0.717) is 23.0 Å². The fourth-order valence-electron chi connectivity index (χ4n) is 3.61. The number of ether oxygens (including phenoxy) is 5. The molecule has 2 atom stereocenters. The molecule has 2 aromatic carbocycles. The van der Waals surface area contributed by atoms with Crippen molar-refractivity contribution in [2.75, 3.05) is 27.6 Å². The molecule has 2 aliphatic rings. The zero-order valence-corrected chi connectivity index (χ0v) is 15.5. The highest BCUT2D eigenvalue weighted by molar-refractivity contribution is 5.63. The van der Waals surface area contributed by atoms with Crippen LogP contribution in [0.25, 0.3) is 6.08 Å². The topological polar surface area (TPSA) is 66.4 Å². The van der Waals surface area contributed by atoms with Crippen molar-refractivity contribution in [1.82, 2.24) is 0 Å². The lowest BCUT2D eigenvalue weighted by Crippen LogP contribution is -2.07. The van der Waals surface area contributed by atoms with E-state index >= 15 is 0 Å². The number of methoxy groups -OCH3 is 2. The van der Waals surface area contributed by atoms with E-state index in [1.165, 1.54) is 0 Å². The molecule has 2 heterocycles. The van der Waals surface area contributed by atoms with Gasteiger partial charge >= 0.3 is 0 Å². The Morgan fingerprint density at radius 2 is 1.85 bits per heavy atom. The molecular formula is C21H22O6. The summed E-state index contributed by atoms with van der Waals surface area (Å²) in [5.74, 6) is 3.43. The van der Waals surface area contributed by atoms with Gasteiger partial charge in [-0.15, -0.1) is 0 Å². The summed E-state index contributed by atoms with van der Waals surface area (Å²) in [6.45, 7) is 2.29. The maximum absolute atomic E-state index is 9.04. The van der Waals surface area contributed by atoms with Gasteiger partial charge in [0, 0.05) is 17.0 Å². The third-order valence-corrected chi connectivity index (χ3v) is 4.94. The fraction of sp³-hybridized carbons (Fsp3) is 0.333. The minimum absolute atomic E-state index is 0.00886. The van der Waals surface area contributed by atoms with Gasteiger partial charge < -0.3 is 28.8 Å². The van der Waals surface area contributed by atoms with E-state index in [-0.39, 0.29) is 25.4 Å². The second-order valence-electron chi connectivity index (χ2n) is 6.51. The third-order valence-electron chi connectivity index (χ3n) is 4.94. The molecule has 0 saturated carbocycles. The van der Waals surface area contributed by atoms with Gasteiger partial charge in [0.15, 0.2) is 23.0 Å². The molecule has 6 heteroatoms. The summed E-state index contributed by atoms with van der Waals surface area (Å²) in [6.07, 6.45) is 3.36. The molecule has 0 saturated heterocycles. The SMILES string of the molecule is COc1cc([C@@H]2Oc3c(OC)cc(/C=C/CO)cc3[C@H]2C)cc2c1OCO2. The molecule has 142 valence electrons. The zero-order chi connectivity index (χ0) is 19.0. The van der Waals surface area contributed by atoms with Crippen LogP contribution in [0.5, 0.6) is 28.7 Å². The first-order chi connectivity index (χ1) is 13.2. The van der Waals surface area contributed by atoms with Crippen molar-refractivity contribution in [2.45, 2.75) is 18.9 Å². The van der Waals surface area contributed by atoms with Crippen LogP contribution in [-0.2, 0) is 0 Å². The minimum atomic E-state index is -0.200. The quantitative estimate of drug-likeness (QED) is 0.866. The summed E-state index contributed by atoms with van der Waals surface area (Å²) in [5.41, 5.74) is 2.97. The molecule has 1 N–H and O–H groups in total. The number of rotatable bonds is 5. The highest BCUT2D eigenvalue weighted by Gasteiger charge is 2.36. The van der Waals surface area contributed by atoms with Crippen molar-refractivity contribution in [1.29, 1.82) is 0 Å². The summed E-state index contributed by atoms with van der Waals surface area (Å²) in [4.78, 5) is 0. The van der Waals surface area contributed by atoms with Gasteiger partial charge in [-0.1, -0.05) is 19.1 Å². The first-order valence-electron chi connectivity index (χ1n) is 8.79. The van der Waals surface area contributed by atoms with Crippen molar-refractivity contribution < 1.29 is 28.8 Å². The van der Waals surface area contributed by atoms with Gasteiger partial charge in [-0.05, 0) is 29.8 Å². The van der Waals surface area contributed by atoms with Gasteiger partial charge in [-0.25, -0.2) is 0 Å². The van der Waals surface area contributed by atoms with E-state index in [1.807, 2.05) is 24.3 Å². The van der Waals surface area contributed by atoms with Crippen LogP contribution in [0.4, 0.5) is 0 Å². The van der Waals surface area contributed by atoms with E-state index in [1.54, 1.807) is 20.3 Å². The van der Waals surface area contributed by atoms with Crippen molar-refractivity contribution in [2.24, 2.45) is 0 Å². The summed E-state index contributed by atoms with van der Waals surface area (Å²) in [6, 6.07) is 7.84. The number of aliphatic hydroxyl groups excluding tert-OH is 1. The van der Waals surface area contributed by atoms with Gasteiger partial charge in [-0.3, -0.25) is 0 Å². The number of hydrogen-bond acceptors (Lipinski definition) is 6. The molecule has 4 rings (SSSR count). The van der Waals surface area contributed by atoms with Crippen molar-refractivity contribution in [3.8, 4) is 28.7 Å². The molecule has 6 nitrogen and oxygen atoms in total. The first kappa shape index (κ1) is 17.5. The van der Waals surface area contributed by atoms with E-state index in [4.69, 9.17) is 28.8 Å². The molecule has 0 fully saturated rings. The smallest absolute Gasteiger partial charge is 0.231 e. The Hall–Kier alpha value is -2.86. The molecule has 0 bridgehead atoms. The van der Waals surface area contributed by atoms with Crippen LogP contribution >= 0.6 is 0 Å². The molecule has 2 aliphatic heterocycles. The molecule has 0 spiro atoms. The van der Waals surface area contributed by atoms with Crippen LogP contribution in [0.3, 0.4) is 0 Å². The second kappa shape index (κ2) is 7.04. The second-order valence-corrected chi connectivity index (χ2v) is 6.51. The van der Waals surface area contributed by atoms with Crippen LogP contribution < -0.4 is 23.7 Å². The Morgan fingerprint density at radius 3 is 2.59 bits per heavy atom. The molecule has 27 heavy (non-hydrogen) atoms. The van der Waals surface area contributed by atoms with Crippen LogP contribution in [0.15, 0.2) is 30.3 Å². The third kappa shape index (κ3) is 2.96. The molecule has 0 amide bonds. The van der Waals surface area contributed by atoms with Crippen LogP contribution in [0.1, 0.15) is 35.6 Å². The van der Waals surface area contributed by atoms with Crippen LogP contribution in [0.2, 0.25) is 0 Å². The lowest BCUT2D eigenvalue weighted by Gasteiger charge is -2.17. The predicted molar refractivity (Wildman–Crippen MR) is 100 cm³/mol. The van der Waals surface area contributed by atoms with Gasteiger partial charge in [0.1, 0.15) is 6.10 Å². The normalized spacial score (nSPS) is 19.9. The van der Waals surface area contributed by atoms with Gasteiger partial charge in [-0.2, -0.15) is 0 Å². The summed E-state index contributed by atoms with van der Waals surface area (Å²) < 4.78 is 28.3. The van der Waals surface area contributed by atoms with Gasteiger partial charge in [0.05, 0.1) is 20.8 Å². The number of aliphatic hydroxyl groups is 1. The van der Waals surface area contributed by atoms with E-state index in [9.17, 15) is 0 Å². The molecule has 0 radical (unpaired) electrons. The Kier molecular flexibility index (Phi) is 4.58. The van der Waals surface area contributed by atoms with Gasteiger partial charge in [0.2, 0.25) is 12.5 Å². The summed E-state index contributed by atoms with van der Waals surface area (Å²) >= 11 is 0. The Morgan fingerprint density at radius 1 is 1.07 bits per heavy atom. The average molecular weight is 370 g/mol. The van der Waals surface area contributed by atoms with E-state index < -0.39 is 0 Å². The minimum Gasteiger partial charge on any atom is -0.493 e. The maximum atomic E-state index is 9.04. The zero-order valence-electron chi connectivity index (χ0n) is 15.5. The van der Waals surface area contributed by atoms with E-state index in [2.05, 4.69) is 13.0 Å². The summed E-state index contributed by atoms with van der Waals surface area (Å²) in [7, 11) is 3.23. The average Bonchev–Trinajstić information content (AvgIpc) is 3.29. The Balaban J connectivity index is 1.74. The molecule has 0 aromatic heterocycles. The summed E-state index contributed by atoms with van der Waals surface area (Å²) in [5, 5.41) is 9.04. The fourth-order valence-corrected chi connectivity index (χ4v) is 3.61. The molecule has 2 aromatic rings. The Labute approximate surface area is 157 Å². The number of fused-ring (bicyclic) bond motifs is 2. The molecule has 0 unspecified atom stereocenters. The van der Waals surface area contributed by atoms with Crippen LogP contribution in [0, 0.1) is 0 Å². The highest BCUT2D eigenvalue weighted by atomic mass is 16.7. The number of benzene rings is 2. The first-order valence-corrected chi connectivity index (χ1v) is 8.79.